The minimum absolute atomic E-state index is 0.242. The van der Waals surface area contributed by atoms with Gasteiger partial charge in [0.05, 0.1) is 23.5 Å². The van der Waals surface area contributed by atoms with Crippen molar-refractivity contribution in [3.8, 4) is 11.8 Å². The average molecular weight is 388 g/mol. The average Bonchev–Trinajstić information content (AvgIpc) is 3.15. The van der Waals surface area contributed by atoms with E-state index in [2.05, 4.69) is 32.2 Å². The highest BCUT2D eigenvalue weighted by Gasteiger charge is 2.17. The third-order valence-electron chi connectivity index (χ3n) is 5.30. The number of aromatic nitrogens is 3. The molecule has 3 aromatic rings. The zero-order chi connectivity index (χ0) is 20.1. The first-order valence-electron chi connectivity index (χ1n) is 9.94. The normalized spacial score (nSPS) is 14.2. The number of nitriles is 1. The molecule has 148 valence electrons. The molecule has 1 aromatic heterocycles. The van der Waals surface area contributed by atoms with Crippen LogP contribution in [-0.2, 0) is 6.54 Å². The summed E-state index contributed by atoms with van der Waals surface area (Å²) in [7, 11) is 0. The Balaban J connectivity index is 1.71. The minimum atomic E-state index is 0.242. The molecule has 0 atom stereocenters. The predicted molar refractivity (Wildman–Crippen MR) is 112 cm³/mol. The third kappa shape index (κ3) is 4.32. The van der Waals surface area contributed by atoms with E-state index in [1.807, 2.05) is 28.9 Å². The second kappa shape index (κ2) is 8.65. The van der Waals surface area contributed by atoms with Gasteiger partial charge in [-0.2, -0.15) is 5.26 Å². The van der Waals surface area contributed by atoms with Crippen molar-refractivity contribution in [2.24, 2.45) is 0 Å². The first kappa shape index (κ1) is 18.8. The molecule has 7 heteroatoms. The third-order valence-corrected chi connectivity index (χ3v) is 5.30. The molecule has 29 heavy (non-hydrogen) atoms. The molecular weight excluding hydrogens is 364 g/mol. The van der Waals surface area contributed by atoms with Crippen molar-refractivity contribution in [2.75, 3.05) is 23.0 Å². The molecule has 2 heterocycles. The number of hydrogen-bond acceptors (Lipinski definition) is 6. The SMILES string of the molecule is N#Cc1ccc(N(Cc2ccc(O)cc2)n2cnnc2)cc1N1CCCCCC1. The van der Waals surface area contributed by atoms with Gasteiger partial charge < -0.3 is 10.0 Å². The predicted octanol–water partition coefficient (Wildman–Crippen LogP) is 3.71. The summed E-state index contributed by atoms with van der Waals surface area (Å²) < 4.78 is 1.83. The van der Waals surface area contributed by atoms with Gasteiger partial charge in [0.2, 0.25) is 0 Å². The number of phenolic OH excluding ortho intramolecular Hbond substituents is 1. The molecule has 0 saturated carbocycles. The molecule has 1 saturated heterocycles. The lowest BCUT2D eigenvalue weighted by atomic mass is 10.1. The van der Waals surface area contributed by atoms with E-state index in [9.17, 15) is 10.4 Å². The zero-order valence-electron chi connectivity index (χ0n) is 16.3. The number of anilines is 2. The van der Waals surface area contributed by atoms with Crippen molar-refractivity contribution in [1.29, 1.82) is 5.26 Å². The fourth-order valence-corrected chi connectivity index (χ4v) is 3.75. The van der Waals surface area contributed by atoms with Crippen molar-refractivity contribution < 1.29 is 5.11 Å². The molecule has 1 N–H and O–H groups in total. The van der Waals surface area contributed by atoms with Crippen molar-refractivity contribution in [1.82, 2.24) is 14.9 Å². The Morgan fingerprint density at radius 3 is 2.31 bits per heavy atom. The van der Waals surface area contributed by atoms with Crippen LogP contribution in [-0.4, -0.2) is 33.1 Å². The van der Waals surface area contributed by atoms with E-state index in [-0.39, 0.29) is 5.75 Å². The fraction of sp³-hybridized carbons (Fsp3) is 0.318. The summed E-state index contributed by atoms with van der Waals surface area (Å²) in [5, 5.41) is 29.2. The van der Waals surface area contributed by atoms with Gasteiger partial charge in [0.1, 0.15) is 24.5 Å². The van der Waals surface area contributed by atoms with Gasteiger partial charge in [-0.3, -0.25) is 5.01 Å². The molecule has 1 fully saturated rings. The maximum Gasteiger partial charge on any atom is 0.139 e. The van der Waals surface area contributed by atoms with Gasteiger partial charge >= 0.3 is 0 Å². The zero-order valence-corrected chi connectivity index (χ0v) is 16.3. The van der Waals surface area contributed by atoms with Crippen molar-refractivity contribution >= 4 is 11.4 Å². The Morgan fingerprint density at radius 1 is 0.966 bits per heavy atom. The lowest BCUT2D eigenvalue weighted by Crippen LogP contribution is -2.29. The van der Waals surface area contributed by atoms with Crippen LogP contribution in [0, 0.1) is 11.3 Å². The topological polar surface area (TPSA) is 81.2 Å². The molecular formula is C22H24N6O. The number of benzene rings is 2. The van der Waals surface area contributed by atoms with Crippen molar-refractivity contribution in [2.45, 2.75) is 32.2 Å². The van der Waals surface area contributed by atoms with E-state index in [0.29, 0.717) is 12.1 Å². The van der Waals surface area contributed by atoms with Crippen LogP contribution in [0.5, 0.6) is 5.75 Å². The van der Waals surface area contributed by atoms with E-state index in [4.69, 9.17) is 0 Å². The van der Waals surface area contributed by atoms with Gasteiger partial charge in [-0.1, -0.05) is 25.0 Å². The van der Waals surface area contributed by atoms with Crippen LogP contribution in [0.2, 0.25) is 0 Å². The molecule has 0 unspecified atom stereocenters. The number of hydrogen-bond donors (Lipinski definition) is 1. The molecule has 0 amide bonds. The summed E-state index contributed by atoms with van der Waals surface area (Å²) in [6.07, 6.45) is 8.10. The van der Waals surface area contributed by atoms with Crippen LogP contribution in [0.4, 0.5) is 11.4 Å². The van der Waals surface area contributed by atoms with E-state index >= 15 is 0 Å². The van der Waals surface area contributed by atoms with E-state index in [1.54, 1.807) is 24.8 Å². The van der Waals surface area contributed by atoms with Crippen LogP contribution in [0.3, 0.4) is 0 Å². The van der Waals surface area contributed by atoms with Crippen LogP contribution < -0.4 is 9.91 Å². The van der Waals surface area contributed by atoms with Crippen LogP contribution in [0.1, 0.15) is 36.8 Å². The number of nitrogens with zero attached hydrogens (tertiary/aromatic N) is 6. The maximum atomic E-state index is 9.65. The molecule has 0 bridgehead atoms. The summed E-state index contributed by atoms with van der Waals surface area (Å²) in [5.41, 5.74) is 3.67. The largest absolute Gasteiger partial charge is 0.508 e. The number of aromatic hydroxyl groups is 1. The summed E-state index contributed by atoms with van der Waals surface area (Å²) >= 11 is 0. The molecule has 0 radical (unpaired) electrons. The Morgan fingerprint density at radius 2 is 1.66 bits per heavy atom. The monoisotopic (exact) mass is 388 g/mol. The number of rotatable bonds is 5. The van der Waals surface area contributed by atoms with Gasteiger partial charge in [0.15, 0.2) is 0 Å². The molecule has 1 aliphatic rings. The summed E-state index contributed by atoms with van der Waals surface area (Å²) in [6.45, 7) is 2.52. The fourth-order valence-electron chi connectivity index (χ4n) is 3.75. The Hall–Kier alpha value is -3.53. The van der Waals surface area contributed by atoms with Crippen molar-refractivity contribution in [3.63, 3.8) is 0 Å². The Labute approximate surface area is 170 Å². The molecule has 2 aromatic carbocycles. The Kier molecular flexibility index (Phi) is 5.61. The number of phenols is 1. The molecule has 0 spiro atoms. The smallest absolute Gasteiger partial charge is 0.139 e. The molecule has 7 nitrogen and oxygen atoms in total. The lowest BCUT2D eigenvalue weighted by molar-refractivity contribution is 0.475. The van der Waals surface area contributed by atoms with Gasteiger partial charge in [-0.15, -0.1) is 10.2 Å². The highest BCUT2D eigenvalue weighted by atomic mass is 16.3. The standard InChI is InChI=1S/C22H24N6O/c23-14-19-7-8-20(13-22(19)26-11-3-1-2-4-12-26)28(27-16-24-25-17-27)15-18-5-9-21(29)10-6-18/h5-10,13,16-17,29H,1-4,11-12,15H2. The quantitative estimate of drug-likeness (QED) is 0.718. The van der Waals surface area contributed by atoms with E-state index < -0.39 is 0 Å². The lowest BCUT2D eigenvalue weighted by Gasteiger charge is -2.29. The molecule has 0 aliphatic carbocycles. The minimum Gasteiger partial charge on any atom is -0.508 e. The first-order valence-corrected chi connectivity index (χ1v) is 9.94. The highest BCUT2D eigenvalue weighted by molar-refractivity contribution is 5.67. The highest BCUT2D eigenvalue weighted by Crippen LogP contribution is 2.30. The van der Waals surface area contributed by atoms with E-state index in [0.717, 1.165) is 42.9 Å². The first-order chi connectivity index (χ1) is 14.2. The van der Waals surface area contributed by atoms with Gasteiger partial charge in [0, 0.05) is 13.1 Å². The maximum absolute atomic E-state index is 9.65. The summed E-state index contributed by atoms with van der Waals surface area (Å²) in [5.74, 6) is 0.242. The summed E-state index contributed by atoms with van der Waals surface area (Å²) in [6, 6.07) is 15.4. The van der Waals surface area contributed by atoms with Crippen LogP contribution in [0.25, 0.3) is 0 Å². The van der Waals surface area contributed by atoms with Gasteiger partial charge in [-0.25, -0.2) is 4.68 Å². The second-order valence-corrected chi connectivity index (χ2v) is 7.28. The second-order valence-electron chi connectivity index (χ2n) is 7.28. The van der Waals surface area contributed by atoms with Crippen molar-refractivity contribution in [3.05, 3.63) is 66.2 Å². The van der Waals surface area contributed by atoms with Crippen LogP contribution >= 0.6 is 0 Å². The van der Waals surface area contributed by atoms with Gasteiger partial charge in [-0.05, 0) is 48.7 Å². The van der Waals surface area contributed by atoms with Crippen LogP contribution in [0.15, 0.2) is 55.1 Å². The van der Waals surface area contributed by atoms with Gasteiger partial charge in [0.25, 0.3) is 0 Å². The Bertz CT molecular complexity index is 970. The van der Waals surface area contributed by atoms with E-state index in [1.165, 1.54) is 12.8 Å². The molecule has 1 aliphatic heterocycles. The summed E-state index contributed by atoms with van der Waals surface area (Å²) in [4.78, 5) is 2.33. The molecule has 4 rings (SSSR count).